The van der Waals surface area contributed by atoms with Gasteiger partial charge < -0.3 is 5.32 Å². The van der Waals surface area contributed by atoms with Crippen LogP contribution in [0, 0.1) is 10.1 Å². The Bertz CT molecular complexity index is 583. The maximum absolute atomic E-state index is 10.6. The summed E-state index contributed by atoms with van der Waals surface area (Å²) < 4.78 is 1.08. The van der Waals surface area contributed by atoms with Crippen LogP contribution in [0.2, 0.25) is 0 Å². The molecule has 1 N–H and O–H groups in total. The maximum atomic E-state index is 10.6. The van der Waals surface area contributed by atoms with E-state index >= 15 is 0 Å². The molecule has 0 fully saturated rings. The Labute approximate surface area is 130 Å². The smallest absolute Gasteiger partial charge is 0.309 e. The summed E-state index contributed by atoms with van der Waals surface area (Å²) in [7, 11) is 0. The largest absolute Gasteiger partial charge is 0.324 e. The number of halogens is 1. The van der Waals surface area contributed by atoms with Gasteiger partial charge in [-0.3, -0.25) is 10.1 Å². The third-order valence-electron chi connectivity index (χ3n) is 2.91. The standard InChI is InChI=1S/C14H15BrN2O2S/c1-10(8-11-2-4-12(15)5-3-11)16-9-13-6-7-14(20-13)17(18)19/h2-7,10,16H,8-9H2,1H3. The molecule has 4 nitrogen and oxygen atoms in total. The van der Waals surface area contributed by atoms with Crippen molar-refractivity contribution >= 4 is 32.3 Å². The topological polar surface area (TPSA) is 55.2 Å². The minimum Gasteiger partial charge on any atom is -0.309 e. The lowest BCUT2D eigenvalue weighted by Gasteiger charge is -2.13. The van der Waals surface area contributed by atoms with Crippen molar-refractivity contribution in [2.45, 2.75) is 25.9 Å². The first-order valence-electron chi connectivity index (χ1n) is 6.25. The maximum Gasteiger partial charge on any atom is 0.324 e. The van der Waals surface area contributed by atoms with Crippen LogP contribution in [0.3, 0.4) is 0 Å². The summed E-state index contributed by atoms with van der Waals surface area (Å²) in [4.78, 5) is 11.3. The number of nitrogens with zero attached hydrogens (tertiary/aromatic N) is 1. The van der Waals surface area contributed by atoms with Gasteiger partial charge in [0.05, 0.1) is 4.92 Å². The number of rotatable bonds is 6. The van der Waals surface area contributed by atoms with Crippen LogP contribution in [0.5, 0.6) is 0 Å². The van der Waals surface area contributed by atoms with Crippen LogP contribution in [0.15, 0.2) is 40.9 Å². The van der Waals surface area contributed by atoms with Crippen molar-refractivity contribution in [3.63, 3.8) is 0 Å². The summed E-state index contributed by atoms with van der Waals surface area (Å²) >= 11 is 4.64. The van der Waals surface area contributed by atoms with Crippen molar-refractivity contribution in [2.75, 3.05) is 0 Å². The second-order valence-electron chi connectivity index (χ2n) is 4.61. The zero-order valence-corrected chi connectivity index (χ0v) is 13.4. The molecule has 0 saturated heterocycles. The fourth-order valence-electron chi connectivity index (χ4n) is 1.88. The molecule has 1 atom stereocenters. The fraction of sp³-hybridized carbons (Fsp3) is 0.286. The Balaban J connectivity index is 1.83. The van der Waals surface area contributed by atoms with Crippen LogP contribution >= 0.6 is 27.3 Å². The molecule has 0 aliphatic rings. The molecular formula is C14H15BrN2O2S. The van der Waals surface area contributed by atoms with Gasteiger partial charge in [0, 0.05) is 28.0 Å². The van der Waals surface area contributed by atoms with E-state index in [-0.39, 0.29) is 9.92 Å². The predicted octanol–water partition coefficient (Wildman–Crippen LogP) is 4.14. The van der Waals surface area contributed by atoms with E-state index in [0.717, 1.165) is 15.8 Å². The van der Waals surface area contributed by atoms with E-state index in [2.05, 4.69) is 40.3 Å². The number of nitro groups is 1. The molecule has 1 aromatic heterocycles. The first kappa shape index (κ1) is 15.2. The molecule has 20 heavy (non-hydrogen) atoms. The highest BCUT2D eigenvalue weighted by Crippen LogP contribution is 2.23. The lowest BCUT2D eigenvalue weighted by molar-refractivity contribution is -0.380. The second kappa shape index (κ2) is 6.97. The van der Waals surface area contributed by atoms with E-state index in [4.69, 9.17) is 0 Å². The summed E-state index contributed by atoms with van der Waals surface area (Å²) in [5, 5.41) is 14.2. The quantitative estimate of drug-likeness (QED) is 0.626. The van der Waals surface area contributed by atoms with Gasteiger partial charge >= 0.3 is 5.00 Å². The van der Waals surface area contributed by atoms with Gasteiger partial charge in [0.25, 0.3) is 0 Å². The minimum atomic E-state index is -0.348. The minimum absolute atomic E-state index is 0.197. The van der Waals surface area contributed by atoms with E-state index in [9.17, 15) is 10.1 Å². The molecule has 0 aliphatic heterocycles. The number of hydrogen-bond donors (Lipinski definition) is 1. The number of benzene rings is 1. The Morgan fingerprint density at radius 1 is 1.30 bits per heavy atom. The molecule has 1 unspecified atom stereocenters. The molecule has 0 amide bonds. The summed E-state index contributed by atoms with van der Waals surface area (Å²) in [6.45, 7) is 2.78. The van der Waals surface area contributed by atoms with Gasteiger partial charge in [-0.2, -0.15) is 0 Å². The average molecular weight is 355 g/mol. The third kappa shape index (κ3) is 4.40. The van der Waals surface area contributed by atoms with Crippen LogP contribution < -0.4 is 5.32 Å². The lowest BCUT2D eigenvalue weighted by atomic mass is 10.1. The first-order valence-corrected chi connectivity index (χ1v) is 7.86. The fourth-order valence-corrected chi connectivity index (χ4v) is 2.92. The highest BCUT2D eigenvalue weighted by atomic mass is 79.9. The summed E-state index contributed by atoms with van der Waals surface area (Å²) in [6.07, 6.45) is 0.931. The molecule has 106 valence electrons. The summed E-state index contributed by atoms with van der Waals surface area (Å²) in [5.74, 6) is 0. The molecule has 0 aliphatic carbocycles. The van der Waals surface area contributed by atoms with Gasteiger partial charge in [0.1, 0.15) is 0 Å². The van der Waals surface area contributed by atoms with E-state index in [1.54, 1.807) is 6.07 Å². The Kier molecular flexibility index (Phi) is 5.28. The van der Waals surface area contributed by atoms with Crippen molar-refractivity contribution in [1.82, 2.24) is 5.32 Å². The first-order chi connectivity index (χ1) is 9.54. The summed E-state index contributed by atoms with van der Waals surface area (Å²) in [6, 6.07) is 11.9. The lowest BCUT2D eigenvalue weighted by Crippen LogP contribution is -2.27. The molecule has 1 aromatic carbocycles. The van der Waals surface area contributed by atoms with E-state index < -0.39 is 0 Å². The van der Waals surface area contributed by atoms with E-state index in [1.807, 2.05) is 18.2 Å². The van der Waals surface area contributed by atoms with Crippen LogP contribution in [0.4, 0.5) is 5.00 Å². The SMILES string of the molecule is CC(Cc1ccc(Br)cc1)NCc1ccc([N+](=O)[O-])s1. The second-order valence-corrected chi connectivity index (χ2v) is 6.67. The van der Waals surface area contributed by atoms with Crippen molar-refractivity contribution in [1.29, 1.82) is 0 Å². The Morgan fingerprint density at radius 2 is 2.00 bits per heavy atom. The molecule has 1 heterocycles. The van der Waals surface area contributed by atoms with Gasteiger partial charge in [0.15, 0.2) is 0 Å². The van der Waals surface area contributed by atoms with E-state index in [1.165, 1.54) is 16.9 Å². The third-order valence-corrected chi connectivity index (χ3v) is 4.47. The van der Waals surface area contributed by atoms with Gasteiger partial charge in [-0.05, 0) is 37.1 Å². The molecule has 0 bridgehead atoms. The summed E-state index contributed by atoms with van der Waals surface area (Å²) in [5.41, 5.74) is 1.27. The number of hydrogen-bond acceptors (Lipinski definition) is 4. The molecule has 0 spiro atoms. The molecule has 0 radical (unpaired) electrons. The van der Waals surface area contributed by atoms with Crippen LogP contribution in [0.25, 0.3) is 0 Å². The predicted molar refractivity (Wildman–Crippen MR) is 85.1 cm³/mol. The molecular weight excluding hydrogens is 340 g/mol. The van der Waals surface area contributed by atoms with Gasteiger partial charge in [-0.25, -0.2) is 0 Å². The Morgan fingerprint density at radius 3 is 2.60 bits per heavy atom. The zero-order valence-electron chi connectivity index (χ0n) is 11.0. The zero-order chi connectivity index (χ0) is 14.5. The van der Waals surface area contributed by atoms with Crippen molar-refractivity contribution in [3.05, 3.63) is 61.4 Å². The average Bonchev–Trinajstić information content (AvgIpc) is 2.88. The number of nitrogens with one attached hydrogen (secondary N) is 1. The van der Waals surface area contributed by atoms with Crippen molar-refractivity contribution in [3.8, 4) is 0 Å². The highest BCUT2D eigenvalue weighted by Gasteiger charge is 2.10. The van der Waals surface area contributed by atoms with Crippen LogP contribution in [-0.4, -0.2) is 11.0 Å². The molecule has 2 aromatic rings. The van der Waals surface area contributed by atoms with Crippen molar-refractivity contribution < 1.29 is 4.92 Å². The molecule has 0 saturated carbocycles. The monoisotopic (exact) mass is 354 g/mol. The molecule has 6 heteroatoms. The Hall–Kier alpha value is -1.24. The van der Waals surface area contributed by atoms with E-state index in [0.29, 0.717) is 12.6 Å². The normalized spacial score (nSPS) is 12.3. The van der Waals surface area contributed by atoms with Gasteiger partial charge in [-0.15, -0.1) is 0 Å². The van der Waals surface area contributed by atoms with Crippen LogP contribution in [0.1, 0.15) is 17.4 Å². The van der Waals surface area contributed by atoms with Gasteiger partial charge in [0.2, 0.25) is 0 Å². The van der Waals surface area contributed by atoms with Gasteiger partial charge in [-0.1, -0.05) is 39.4 Å². The van der Waals surface area contributed by atoms with Crippen LogP contribution in [-0.2, 0) is 13.0 Å². The van der Waals surface area contributed by atoms with Crippen molar-refractivity contribution in [2.24, 2.45) is 0 Å². The number of thiophene rings is 1. The highest BCUT2D eigenvalue weighted by molar-refractivity contribution is 9.10. The molecule has 2 rings (SSSR count).